The van der Waals surface area contributed by atoms with Crippen LogP contribution < -0.4 is 11.2 Å². The maximum Gasteiger partial charge on any atom is 0.324 e. The van der Waals surface area contributed by atoms with Gasteiger partial charge in [-0.3, -0.25) is 4.99 Å². The van der Waals surface area contributed by atoms with Gasteiger partial charge in [0.2, 0.25) is 0 Å². The molecule has 0 bridgehead atoms. The maximum atomic E-state index is 12.3. The van der Waals surface area contributed by atoms with E-state index in [2.05, 4.69) is 22.1 Å². The molecular formula is C17H19N3O3Y-2. The number of H-pyrrole nitrogens is 1. The van der Waals surface area contributed by atoms with Gasteiger partial charge in [-0.15, -0.1) is 6.07 Å². The Labute approximate surface area is 165 Å². The number of benzene rings is 1. The van der Waals surface area contributed by atoms with Gasteiger partial charge in [0.15, 0.2) is 6.23 Å². The molecule has 4 atom stereocenters. The fourth-order valence-electron chi connectivity index (χ4n) is 2.78. The van der Waals surface area contributed by atoms with Crippen LogP contribution >= 0.6 is 0 Å². The minimum absolute atomic E-state index is 0. The number of nitrogens with one attached hydrogen (secondary N) is 1. The molecule has 2 heterocycles. The number of para-hydroxylation sites is 1. The number of hydrogen-bond acceptors (Lipinski definition) is 4. The smallest absolute Gasteiger partial charge is 0.324 e. The average molecular weight is 402 g/mol. The molecule has 1 fully saturated rings. The summed E-state index contributed by atoms with van der Waals surface area (Å²) in [6, 6.07) is 13.1. The van der Waals surface area contributed by atoms with Crippen LogP contribution in [0.5, 0.6) is 0 Å². The molecule has 1 aliphatic rings. The average Bonchev–Trinajstić information content (AvgIpc) is 2.84. The van der Waals surface area contributed by atoms with Gasteiger partial charge in [0.1, 0.15) is 6.10 Å². The van der Waals surface area contributed by atoms with Crippen LogP contribution in [0.25, 0.3) is 0 Å². The first-order chi connectivity index (χ1) is 11.1. The predicted octanol–water partition coefficient (Wildman–Crippen LogP) is 1.31. The van der Waals surface area contributed by atoms with Crippen molar-refractivity contribution in [3.8, 4) is 0 Å². The Balaban J connectivity index is 0.00000208. The molecule has 1 aliphatic heterocycles. The van der Waals surface area contributed by atoms with E-state index in [1.807, 2.05) is 26.0 Å². The molecule has 1 aromatic carbocycles. The summed E-state index contributed by atoms with van der Waals surface area (Å²) < 4.78 is 7.12. The Bertz CT molecular complexity index is 787. The van der Waals surface area contributed by atoms with Gasteiger partial charge in [0.05, 0.1) is 6.10 Å². The van der Waals surface area contributed by atoms with Gasteiger partial charge in [-0.05, 0) is 11.9 Å². The standard InChI is InChI=1S/C17H19N3O3.Y/c1-3-13-11(2)15(21)16(23-13)20-10-9-14(19-17(20)22)18-12-7-5-4-6-8-12;/h4-7,10-11,13,15-16,21H,3H2,1-2H3,(H,18,19,22);/q-2;/t11-,13+,15?,16+;/m0./s1. The molecule has 0 spiro atoms. The van der Waals surface area contributed by atoms with Crippen LogP contribution in [0, 0.1) is 18.1 Å². The summed E-state index contributed by atoms with van der Waals surface area (Å²) >= 11 is 0. The third kappa shape index (κ3) is 3.94. The second kappa shape index (κ2) is 8.34. The van der Waals surface area contributed by atoms with Crippen molar-refractivity contribution in [1.29, 1.82) is 0 Å². The Morgan fingerprint density at radius 2 is 2.21 bits per heavy atom. The minimum Gasteiger partial charge on any atom is -0.410 e. The summed E-state index contributed by atoms with van der Waals surface area (Å²) in [5, 5.41) is 10.3. The van der Waals surface area contributed by atoms with Crippen molar-refractivity contribution >= 4 is 5.69 Å². The van der Waals surface area contributed by atoms with Gasteiger partial charge in [-0.1, -0.05) is 19.5 Å². The molecule has 2 N–H and O–H groups in total. The van der Waals surface area contributed by atoms with E-state index in [0.717, 1.165) is 6.42 Å². The molecule has 24 heavy (non-hydrogen) atoms. The SMILES string of the molecule is CC[C@H]1O[C@@H](n2c[c-]c(=Nc3[c-]cccc3)[nH]c2=O)C(O)[C@H]1C.[Y]. The van der Waals surface area contributed by atoms with Gasteiger partial charge in [-0.2, -0.15) is 30.5 Å². The Kier molecular flexibility index (Phi) is 6.69. The molecule has 2 aromatic rings. The van der Waals surface area contributed by atoms with Crippen molar-refractivity contribution in [3.05, 3.63) is 58.6 Å². The topological polar surface area (TPSA) is 79.6 Å². The van der Waals surface area contributed by atoms with E-state index in [9.17, 15) is 9.90 Å². The molecule has 7 heteroatoms. The summed E-state index contributed by atoms with van der Waals surface area (Å²) in [6.45, 7) is 3.92. The van der Waals surface area contributed by atoms with Crippen molar-refractivity contribution < 1.29 is 42.6 Å². The van der Waals surface area contributed by atoms with Crippen molar-refractivity contribution in [3.63, 3.8) is 0 Å². The molecule has 6 nitrogen and oxygen atoms in total. The number of aliphatic hydroxyl groups is 1. The normalized spacial score (nSPS) is 27.0. The Morgan fingerprint density at radius 1 is 1.42 bits per heavy atom. The van der Waals surface area contributed by atoms with Crippen LogP contribution in [0.15, 0.2) is 40.2 Å². The Hall–Kier alpha value is -1.08. The largest absolute Gasteiger partial charge is 0.410 e. The van der Waals surface area contributed by atoms with Crippen molar-refractivity contribution in [1.82, 2.24) is 9.55 Å². The van der Waals surface area contributed by atoms with E-state index in [1.165, 1.54) is 10.8 Å². The van der Waals surface area contributed by atoms with E-state index in [0.29, 0.717) is 11.2 Å². The van der Waals surface area contributed by atoms with E-state index < -0.39 is 18.0 Å². The molecule has 0 saturated carbocycles. The second-order valence-corrected chi connectivity index (χ2v) is 5.64. The molecular weight excluding hydrogens is 383 g/mol. The summed E-state index contributed by atoms with van der Waals surface area (Å²) in [4.78, 5) is 19.2. The van der Waals surface area contributed by atoms with Crippen LogP contribution in [0.1, 0.15) is 26.5 Å². The number of aliphatic hydroxyl groups excluding tert-OH is 1. The van der Waals surface area contributed by atoms with Crippen molar-refractivity contribution in [2.75, 3.05) is 0 Å². The predicted molar refractivity (Wildman–Crippen MR) is 83.8 cm³/mol. The number of hydrogen-bond donors (Lipinski definition) is 2. The van der Waals surface area contributed by atoms with Gasteiger partial charge < -0.3 is 25.5 Å². The maximum absolute atomic E-state index is 12.3. The monoisotopic (exact) mass is 402 g/mol. The summed E-state index contributed by atoms with van der Waals surface area (Å²) in [7, 11) is 0. The molecule has 1 radical (unpaired) electrons. The second-order valence-electron chi connectivity index (χ2n) is 5.64. The zero-order valence-corrected chi connectivity index (χ0v) is 16.5. The first kappa shape index (κ1) is 19.3. The molecule has 1 aromatic heterocycles. The number of nitrogens with zero attached hydrogens (tertiary/aromatic N) is 2. The summed E-state index contributed by atoms with van der Waals surface area (Å²) in [6.07, 6.45) is 0.759. The first-order valence-electron chi connectivity index (χ1n) is 7.68. The van der Waals surface area contributed by atoms with Crippen molar-refractivity contribution in [2.45, 2.75) is 38.7 Å². The molecule has 0 amide bonds. The zero-order valence-electron chi connectivity index (χ0n) is 13.6. The van der Waals surface area contributed by atoms with Crippen LogP contribution in [0.3, 0.4) is 0 Å². The van der Waals surface area contributed by atoms with Crippen LogP contribution in [-0.2, 0) is 37.4 Å². The van der Waals surface area contributed by atoms with E-state index in [1.54, 1.807) is 12.1 Å². The minimum atomic E-state index is -0.732. The molecule has 1 saturated heterocycles. The number of ether oxygens (including phenoxy) is 1. The third-order valence-corrected chi connectivity index (χ3v) is 4.13. The first-order valence-corrected chi connectivity index (χ1v) is 7.68. The van der Waals surface area contributed by atoms with Crippen LogP contribution in [0.2, 0.25) is 0 Å². The number of aromatic nitrogens is 2. The zero-order chi connectivity index (χ0) is 16.4. The van der Waals surface area contributed by atoms with Gasteiger partial charge >= 0.3 is 5.69 Å². The molecule has 0 aliphatic carbocycles. The van der Waals surface area contributed by atoms with E-state index >= 15 is 0 Å². The fraction of sp³-hybridized carbons (Fsp3) is 0.412. The third-order valence-electron chi connectivity index (χ3n) is 4.13. The summed E-state index contributed by atoms with van der Waals surface area (Å²) in [5.74, 6) is -0.0276. The van der Waals surface area contributed by atoms with Crippen LogP contribution in [0.4, 0.5) is 5.69 Å². The van der Waals surface area contributed by atoms with Gasteiger partial charge in [0.25, 0.3) is 0 Å². The van der Waals surface area contributed by atoms with Crippen molar-refractivity contribution in [2.24, 2.45) is 10.9 Å². The van der Waals surface area contributed by atoms with Gasteiger partial charge in [-0.25, -0.2) is 4.79 Å². The van der Waals surface area contributed by atoms with E-state index in [4.69, 9.17) is 4.74 Å². The Morgan fingerprint density at radius 3 is 2.79 bits per heavy atom. The van der Waals surface area contributed by atoms with E-state index in [-0.39, 0.29) is 44.7 Å². The quantitative estimate of drug-likeness (QED) is 0.760. The molecule has 1 unspecified atom stereocenters. The molecule has 125 valence electrons. The summed E-state index contributed by atoms with van der Waals surface area (Å²) in [5.41, 5.74) is 0.515. The van der Waals surface area contributed by atoms with Crippen LogP contribution in [-0.4, -0.2) is 26.9 Å². The molecule has 3 rings (SSSR count). The fourth-order valence-corrected chi connectivity index (χ4v) is 2.78. The van der Waals surface area contributed by atoms with Gasteiger partial charge in [0, 0.05) is 38.6 Å². The number of rotatable bonds is 3. The number of aromatic amines is 1.